The first-order valence-electron chi connectivity index (χ1n) is 10.2. The minimum absolute atomic E-state index is 0.00905. The average molecular weight is 450 g/mol. The number of nitrogens with one attached hydrogen (secondary N) is 1. The van der Waals surface area contributed by atoms with Crippen molar-refractivity contribution in [2.75, 3.05) is 11.9 Å². The monoisotopic (exact) mass is 449 g/mol. The van der Waals surface area contributed by atoms with Crippen LogP contribution in [0.4, 0.5) is 11.5 Å². The summed E-state index contributed by atoms with van der Waals surface area (Å²) in [6.45, 7) is 6.38. The van der Waals surface area contributed by atoms with Gasteiger partial charge in [-0.2, -0.15) is 0 Å². The Balaban J connectivity index is 1.69. The lowest BCUT2D eigenvalue weighted by Crippen LogP contribution is -2.10. The molecule has 0 unspecified atom stereocenters. The van der Waals surface area contributed by atoms with Crippen molar-refractivity contribution in [1.29, 1.82) is 0 Å². The molecule has 1 amide bonds. The summed E-state index contributed by atoms with van der Waals surface area (Å²) in [5, 5.41) is 6.53. The molecule has 0 saturated carbocycles. The Kier molecular flexibility index (Phi) is 6.18. The Labute approximate surface area is 189 Å². The number of rotatable bonds is 8. The van der Waals surface area contributed by atoms with E-state index >= 15 is 0 Å². The number of benzene rings is 2. The zero-order valence-corrected chi connectivity index (χ0v) is 18.8. The maximum Gasteiger partial charge on any atom is 0.268 e. The van der Waals surface area contributed by atoms with Crippen LogP contribution < -0.4 is 20.5 Å². The molecule has 2 aromatic heterocycles. The van der Waals surface area contributed by atoms with Gasteiger partial charge in [0.25, 0.3) is 5.91 Å². The van der Waals surface area contributed by atoms with Gasteiger partial charge in [0.15, 0.2) is 11.5 Å². The van der Waals surface area contributed by atoms with Gasteiger partial charge in [-0.1, -0.05) is 12.1 Å². The van der Waals surface area contributed by atoms with E-state index in [1.807, 2.05) is 57.2 Å². The summed E-state index contributed by atoms with van der Waals surface area (Å²) in [4.78, 5) is 24.5. The van der Waals surface area contributed by atoms with Crippen molar-refractivity contribution in [2.45, 2.75) is 26.9 Å². The molecular formula is C23H23N5O3S. The Morgan fingerprint density at radius 3 is 2.75 bits per heavy atom. The third-order valence-electron chi connectivity index (χ3n) is 4.49. The summed E-state index contributed by atoms with van der Waals surface area (Å²) >= 11 is 1.37. The molecule has 0 aliphatic carbocycles. The van der Waals surface area contributed by atoms with Gasteiger partial charge in [-0.05, 0) is 39.0 Å². The molecule has 0 aliphatic heterocycles. The van der Waals surface area contributed by atoms with Crippen molar-refractivity contribution in [2.24, 2.45) is 5.73 Å². The van der Waals surface area contributed by atoms with Crippen molar-refractivity contribution < 1.29 is 14.3 Å². The molecule has 2 aromatic carbocycles. The van der Waals surface area contributed by atoms with E-state index in [0.29, 0.717) is 28.9 Å². The Hall–Kier alpha value is -3.72. The number of fused-ring (bicyclic) bond motifs is 1. The molecule has 0 spiro atoms. The zero-order chi connectivity index (χ0) is 22.7. The lowest BCUT2D eigenvalue weighted by molar-refractivity contribution is 0.0996. The molecule has 8 nitrogen and oxygen atoms in total. The van der Waals surface area contributed by atoms with Crippen molar-refractivity contribution >= 4 is 39.7 Å². The molecule has 0 bridgehead atoms. The van der Waals surface area contributed by atoms with Crippen molar-refractivity contribution in [3.05, 3.63) is 53.8 Å². The topological polar surface area (TPSA) is 112 Å². The Morgan fingerprint density at radius 1 is 1.19 bits per heavy atom. The van der Waals surface area contributed by atoms with Crippen molar-refractivity contribution in [3.8, 4) is 22.1 Å². The lowest BCUT2D eigenvalue weighted by Gasteiger charge is -2.16. The van der Waals surface area contributed by atoms with E-state index in [0.717, 1.165) is 22.2 Å². The molecule has 32 heavy (non-hydrogen) atoms. The second-order valence-electron chi connectivity index (χ2n) is 7.25. The van der Waals surface area contributed by atoms with E-state index in [1.165, 1.54) is 17.7 Å². The molecule has 4 rings (SSSR count). The fraction of sp³-hybridized carbons (Fsp3) is 0.217. The molecule has 3 N–H and O–H groups in total. The fourth-order valence-corrected chi connectivity index (χ4v) is 3.97. The minimum Gasteiger partial charge on any atom is -0.490 e. The summed E-state index contributed by atoms with van der Waals surface area (Å²) < 4.78 is 11.7. The number of carbonyl (C=O) groups excluding carboxylic acids is 1. The molecule has 0 atom stereocenters. The van der Waals surface area contributed by atoms with Crippen LogP contribution in [0.25, 0.3) is 21.5 Å². The van der Waals surface area contributed by atoms with Gasteiger partial charge in [0, 0.05) is 28.1 Å². The van der Waals surface area contributed by atoms with Gasteiger partial charge in [-0.25, -0.2) is 15.0 Å². The number of hydrogen-bond donors (Lipinski definition) is 2. The molecule has 9 heteroatoms. The molecule has 0 radical (unpaired) electrons. The van der Waals surface area contributed by atoms with Gasteiger partial charge in [0.2, 0.25) is 0 Å². The molecule has 2 heterocycles. The quantitative estimate of drug-likeness (QED) is 0.398. The van der Waals surface area contributed by atoms with Crippen LogP contribution in [0.2, 0.25) is 0 Å². The average Bonchev–Trinajstić information content (AvgIpc) is 3.25. The van der Waals surface area contributed by atoms with Gasteiger partial charge in [-0.15, -0.1) is 11.3 Å². The molecule has 0 fully saturated rings. The highest BCUT2D eigenvalue weighted by molar-refractivity contribution is 7.13. The van der Waals surface area contributed by atoms with E-state index in [2.05, 4.69) is 20.3 Å². The fourth-order valence-electron chi connectivity index (χ4n) is 3.16. The van der Waals surface area contributed by atoms with Gasteiger partial charge in [0.1, 0.15) is 22.8 Å². The van der Waals surface area contributed by atoms with Crippen LogP contribution in [-0.4, -0.2) is 33.6 Å². The number of ether oxygens (including phenoxy) is 2. The summed E-state index contributed by atoms with van der Waals surface area (Å²) in [7, 11) is 0. The number of nitrogens with zero attached hydrogens (tertiary/aromatic N) is 3. The maximum atomic E-state index is 11.4. The van der Waals surface area contributed by atoms with E-state index < -0.39 is 5.91 Å². The van der Waals surface area contributed by atoms with Gasteiger partial charge < -0.3 is 20.5 Å². The van der Waals surface area contributed by atoms with Gasteiger partial charge in [-0.3, -0.25) is 4.79 Å². The summed E-state index contributed by atoms with van der Waals surface area (Å²) in [5.41, 5.74) is 8.00. The highest BCUT2D eigenvalue weighted by Gasteiger charge is 2.14. The van der Waals surface area contributed by atoms with Crippen molar-refractivity contribution in [1.82, 2.24) is 15.0 Å². The Bertz CT molecular complexity index is 1270. The van der Waals surface area contributed by atoms with Crippen LogP contribution in [0.3, 0.4) is 0 Å². The van der Waals surface area contributed by atoms with Gasteiger partial charge in [0.05, 0.1) is 18.2 Å². The molecular weight excluding hydrogens is 426 g/mol. The van der Waals surface area contributed by atoms with E-state index in [4.69, 9.17) is 15.2 Å². The zero-order valence-electron chi connectivity index (χ0n) is 18.0. The largest absolute Gasteiger partial charge is 0.490 e. The third kappa shape index (κ3) is 4.62. The number of nitrogens with two attached hydrogens (primary N) is 1. The number of aromatic nitrogens is 3. The maximum absolute atomic E-state index is 11.4. The number of carbonyl (C=O) groups is 1. The first kappa shape index (κ1) is 21.5. The predicted molar refractivity (Wildman–Crippen MR) is 126 cm³/mol. The van der Waals surface area contributed by atoms with Crippen LogP contribution in [0.15, 0.2) is 48.1 Å². The number of primary amides is 1. The smallest absolute Gasteiger partial charge is 0.268 e. The summed E-state index contributed by atoms with van der Waals surface area (Å²) in [6.07, 6.45) is 1.52. The van der Waals surface area contributed by atoms with Crippen molar-refractivity contribution in [3.63, 3.8) is 0 Å². The van der Waals surface area contributed by atoms with E-state index in [9.17, 15) is 4.79 Å². The summed E-state index contributed by atoms with van der Waals surface area (Å²) in [6, 6.07) is 11.5. The first-order chi connectivity index (χ1) is 15.4. The SMILES string of the molecule is CCOc1cc2c(Nc3cccc(-c4nc(C(N)=O)cs4)c3)ncnc2cc1OC(C)C. The molecule has 0 saturated heterocycles. The normalized spacial score (nSPS) is 11.0. The van der Waals surface area contributed by atoms with Crippen LogP contribution >= 0.6 is 11.3 Å². The minimum atomic E-state index is -0.542. The standard InChI is InChI=1S/C23H23N5O3S/c1-4-30-19-9-16-17(10-20(19)31-13(2)3)25-12-26-22(16)27-15-7-5-6-14(8-15)23-28-18(11-32-23)21(24)29/h5-13H,4H2,1-3H3,(H2,24,29)(H,25,26,27). The highest BCUT2D eigenvalue weighted by Crippen LogP contribution is 2.36. The van der Waals surface area contributed by atoms with Crippen LogP contribution in [-0.2, 0) is 0 Å². The van der Waals surface area contributed by atoms with Crippen LogP contribution in [0.5, 0.6) is 11.5 Å². The molecule has 4 aromatic rings. The molecule has 0 aliphatic rings. The number of thiazole rings is 1. The van der Waals surface area contributed by atoms with Crippen LogP contribution in [0.1, 0.15) is 31.3 Å². The number of amides is 1. The van der Waals surface area contributed by atoms with E-state index in [1.54, 1.807) is 5.38 Å². The first-order valence-corrected chi connectivity index (χ1v) is 11.0. The molecule has 164 valence electrons. The third-order valence-corrected chi connectivity index (χ3v) is 5.38. The van der Waals surface area contributed by atoms with Gasteiger partial charge >= 0.3 is 0 Å². The van der Waals surface area contributed by atoms with E-state index in [-0.39, 0.29) is 11.8 Å². The predicted octanol–water partition coefficient (Wildman–Crippen LogP) is 4.78. The lowest BCUT2D eigenvalue weighted by atomic mass is 10.1. The number of hydrogen-bond acceptors (Lipinski definition) is 8. The second-order valence-corrected chi connectivity index (χ2v) is 8.10. The van der Waals surface area contributed by atoms with Crippen LogP contribution in [0, 0.1) is 0 Å². The Morgan fingerprint density at radius 2 is 2.03 bits per heavy atom. The second kappa shape index (κ2) is 9.19. The highest BCUT2D eigenvalue weighted by atomic mass is 32.1. The number of anilines is 2. The summed E-state index contributed by atoms with van der Waals surface area (Å²) in [5.74, 6) is 1.39.